The predicted molar refractivity (Wildman–Crippen MR) is 89.6 cm³/mol. The second-order valence-electron chi connectivity index (χ2n) is 4.59. The highest BCUT2D eigenvalue weighted by Crippen LogP contribution is 2.26. The lowest BCUT2D eigenvalue weighted by Gasteiger charge is -2.09. The Balaban J connectivity index is 1.73. The van der Waals surface area contributed by atoms with Gasteiger partial charge in [-0.15, -0.1) is 0 Å². The Labute approximate surface area is 131 Å². The molecule has 0 bridgehead atoms. The van der Waals surface area contributed by atoms with E-state index in [1.54, 1.807) is 0 Å². The van der Waals surface area contributed by atoms with Gasteiger partial charge in [0.2, 0.25) is 0 Å². The van der Waals surface area contributed by atoms with E-state index in [1.165, 1.54) is 10.9 Å². The predicted octanol–water partition coefficient (Wildman–Crippen LogP) is 5.17. The molecular weight excluding hydrogens is 336 g/mol. The maximum Gasteiger partial charge on any atom is 0.0637 e. The molecule has 4 heteroatoms. The summed E-state index contributed by atoms with van der Waals surface area (Å²) < 4.78 is 3.37. The standard InChI is InChI=1S/C16H14BrClN2/c17-13-11-20(16-8-4-1-5-12(13)16)10-9-19-15-7-3-2-6-14(15)18/h1-8,11,19H,9-10H2. The van der Waals surface area contributed by atoms with Crippen molar-refractivity contribution in [1.82, 2.24) is 4.57 Å². The number of rotatable bonds is 4. The summed E-state index contributed by atoms with van der Waals surface area (Å²) in [7, 11) is 0. The second-order valence-corrected chi connectivity index (χ2v) is 5.86. The number of para-hydroxylation sites is 2. The smallest absolute Gasteiger partial charge is 0.0637 e. The van der Waals surface area contributed by atoms with Gasteiger partial charge in [-0.2, -0.15) is 0 Å². The van der Waals surface area contributed by atoms with Crippen LogP contribution in [0.15, 0.2) is 59.2 Å². The zero-order valence-electron chi connectivity index (χ0n) is 10.8. The summed E-state index contributed by atoms with van der Waals surface area (Å²) in [4.78, 5) is 0. The molecule has 1 N–H and O–H groups in total. The first kappa shape index (κ1) is 13.5. The van der Waals surface area contributed by atoms with Crippen molar-refractivity contribution in [3.05, 3.63) is 64.2 Å². The van der Waals surface area contributed by atoms with Crippen LogP contribution in [0, 0.1) is 0 Å². The minimum Gasteiger partial charge on any atom is -0.382 e. The van der Waals surface area contributed by atoms with E-state index in [-0.39, 0.29) is 0 Å². The van der Waals surface area contributed by atoms with Gasteiger partial charge >= 0.3 is 0 Å². The molecule has 0 fully saturated rings. The molecule has 20 heavy (non-hydrogen) atoms. The fraction of sp³-hybridized carbons (Fsp3) is 0.125. The molecule has 0 atom stereocenters. The molecule has 0 radical (unpaired) electrons. The summed E-state index contributed by atoms with van der Waals surface area (Å²) in [5.41, 5.74) is 2.21. The van der Waals surface area contributed by atoms with Gasteiger partial charge in [-0.25, -0.2) is 0 Å². The van der Waals surface area contributed by atoms with Crippen LogP contribution in [-0.4, -0.2) is 11.1 Å². The molecule has 0 amide bonds. The lowest BCUT2D eigenvalue weighted by atomic mass is 10.2. The summed E-state index contributed by atoms with van der Waals surface area (Å²) in [6.07, 6.45) is 2.12. The third kappa shape index (κ3) is 2.69. The summed E-state index contributed by atoms with van der Waals surface area (Å²) >= 11 is 9.73. The molecule has 2 aromatic carbocycles. The molecule has 2 nitrogen and oxygen atoms in total. The van der Waals surface area contributed by atoms with Crippen LogP contribution in [-0.2, 0) is 6.54 Å². The summed E-state index contributed by atoms with van der Waals surface area (Å²) in [6, 6.07) is 16.2. The van der Waals surface area contributed by atoms with E-state index in [1.807, 2.05) is 24.3 Å². The maximum atomic E-state index is 6.13. The van der Waals surface area contributed by atoms with Crippen molar-refractivity contribution in [2.45, 2.75) is 6.54 Å². The van der Waals surface area contributed by atoms with Gasteiger partial charge < -0.3 is 9.88 Å². The van der Waals surface area contributed by atoms with Gasteiger partial charge in [0.25, 0.3) is 0 Å². The van der Waals surface area contributed by atoms with Crippen LogP contribution >= 0.6 is 27.5 Å². The molecule has 1 heterocycles. The first-order chi connectivity index (χ1) is 9.75. The molecule has 3 rings (SSSR count). The minimum absolute atomic E-state index is 0.756. The van der Waals surface area contributed by atoms with Gasteiger partial charge in [0.05, 0.1) is 10.7 Å². The average Bonchev–Trinajstić information content (AvgIpc) is 2.78. The highest BCUT2D eigenvalue weighted by Gasteiger charge is 2.05. The minimum atomic E-state index is 0.756. The van der Waals surface area contributed by atoms with E-state index in [4.69, 9.17) is 11.6 Å². The van der Waals surface area contributed by atoms with Crippen LogP contribution in [0.3, 0.4) is 0 Å². The SMILES string of the molecule is Clc1ccccc1NCCn1cc(Br)c2ccccc21. The van der Waals surface area contributed by atoms with Gasteiger partial charge in [-0.05, 0) is 34.1 Å². The van der Waals surface area contributed by atoms with Gasteiger partial charge in [0.1, 0.15) is 0 Å². The number of hydrogen-bond acceptors (Lipinski definition) is 1. The van der Waals surface area contributed by atoms with Crippen LogP contribution in [0.2, 0.25) is 5.02 Å². The molecule has 102 valence electrons. The molecule has 0 aliphatic heterocycles. The van der Waals surface area contributed by atoms with E-state index in [0.717, 1.165) is 28.3 Å². The van der Waals surface area contributed by atoms with Crippen LogP contribution in [0.25, 0.3) is 10.9 Å². The summed E-state index contributed by atoms with van der Waals surface area (Å²) in [5, 5.41) is 5.36. The Bertz CT molecular complexity index is 736. The third-order valence-corrected chi connectivity index (χ3v) is 4.24. The van der Waals surface area contributed by atoms with Crippen molar-refractivity contribution in [2.24, 2.45) is 0 Å². The Morgan fingerprint density at radius 2 is 1.80 bits per heavy atom. The van der Waals surface area contributed by atoms with E-state index >= 15 is 0 Å². The van der Waals surface area contributed by atoms with E-state index < -0.39 is 0 Å². The van der Waals surface area contributed by atoms with Crippen molar-refractivity contribution in [2.75, 3.05) is 11.9 Å². The number of aromatic nitrogens is 1. The largest absolute Gasteiger partial charge is 0.382 e. The molecular formula is C16H14BrClN2. The lowest BCUT2D eigenvalue weighted by molar-refractivity contribution is 0.756. The van der Waals surface area contributed by atoms with Crippen molar-refractivity contribution in [1.29, 1.82) is 0 Å². The topological polar surface area (TPSA) is 17.0 Å². The summed E-state index contributed by atoms with van der Waals surface area (Å²) in [6.45, 7) is 1.71. The second kappa shape index (κ2) is 5.90. The van der Waals surface area contributed by atoms with Gasteiger partial charge in [-0.1, -0.05) is 41.9 Å². The van der Waals surface area contributed by atoms with E-state index in [0.29, 0.717) is 0 Å². The van der Waals surface area contributed by atoms with Crippen LogP contribution in [0.4, 0.5) is 5.69 Å². The van der Waals surface area contributed by atoms with Crippen molar-refractivity contribution < 1.29 is 0 Å². The zero-order valence-corrected chi connectivity index (χ0v) is 13.2. The van der Waals surface area contributed by atoms with Crippen molar-refractivity contribution >= 4 is 44.1 Å². The Morgan fingerprint density at radius 1 is 1.05 bits per heavy atom. The number of halogens is 2. The summed E-state index contributed by atoms with van der Waals surface area (Å²) in [5.74, 6) is 0. The first-order valence-electron chi connectivity index (χ1n) is 6.47. The zero-order chi connectivity index (χ0) is 13.9. The monoisotopic (exact) mass is 348 g/mol. The number of nitrogens with one attached hydrogen (secondary N) is 1. The molecule has 0 spiro atoms. The normalized spacial score (nSPS) is 10.9. The van der Waals surface area contributed by atoms with Gasteiger partial charge in [0.15, 0.2) is 0 Å². The quantitative estimate of drug-likeness (QED) is 0.687. The number of benzene rings is 2. The number of anilines is 1. The number of hydrogen-bond donors (Lipinski definition) is 1. The third-order valence-electron chi connectivity index (χ3n) is 3.28. The molecule has 0 saturated heterocycles. The maximum absolute atomic E-state index is 6.13. The fourth-order valence-electron chi connectivity index (χ4n) is 2.30. The fourth-order valence-corrected chi connectivity index (χ4v) is 3.09. The highest BCUT2D eigenvalue weighted by molar-refractivity contribution is 9.10. The van der Waals surface area contributed by atoms with Gasteiger partial charge in [-0.3, -0.25) is 0 Å². The van der Waals surface area contributed by atoms with Crippen molar-refractivity contribution in [3.8, 4) is 0 Å². The first-order valence-corrected chi connectivity index (χ1v) is 7.64. The molecule has 1 aromatic heterocycles. The average molecular weight is 350 g/mol. The van der Waals surface area contributed by atoms with E-state index in [2.05, 4.69) is 56.3 Å². The molecule has 0 aliphatic rings. The van der Waals surface area contributed by atoms with Crippen molar-refractivity contribution in [3.63, 3.8) is 0 Å². The Kier molecular flexibility index (Phi) is 3.99. The van der Waals surface area contributed by atoms with Crippen LogP contribution < -0.4 is 5.32 Å². The highest BCUT2D eigenvalue weighted by atomic mass is 79.9. The molecule has 0 unspecified atom stereocenters. The Morgan fingerprint density at radius 3 is 2.65 bits per heavy atom. The number of fused-ring (bicyclic) bond motifs is 1. The lowest BCUT2D eigenvalue weighted by Crippen LogP contribution is -2.09. The number of nitrogens with zero attached hydrogens (tertiary/aromatic N) is 1. The molecule has 3 aromatic rings. The van der Waals surface area contributed by atoms with Crippen LogP contribution in [0.1, 0.15) is 0 Å². The van der Waals surface area contributed by atoms with E-state index in [9.17, 15) is 0 Å². The van der Waals surface area contributed by atoms with Crippen LogP contribution in [0.5, 0.6) is 0 Å². The Hall–Kier alpha value is -1.45. The van der Waals surface area contributed by atoms with Gasteiger partial charge in [0, 0.05) is 34.7 Å². The molecule has 0 aliphatic carbocycles. The molecule has 0 saturated carbocycles.